The van der Waals surface area contributed by atoms with Gasteiger partial charge in [0, 0.05) is 22.2 Å². The lowest BCUT2D eigenvalue weighted by Crippen LogP contribution is -2.48. The molecule has 2 nitrogen and oxygen atoms in total. The van der Waals surface area contributed by atoms with Crippen molar-refractivity contribution in [3.05, 3.63) is 63.1 Å². The van der Waals surface area contributed by atoms with Crippen LogP contribution in [0.15, 0.2) is 40.9 Å². The van der Waals surface area contributed by atoms with E-state index in [4.69, 9.17) is 0 Å². The summed E-state index contributed by atoms with van der Waals surface area (Å²) in [5, 5.41) is 9.70. The molecule has 0 bridgehead atoms. The van der Waals surface area contributed by atoms with Gasteiger partial charge in [-0.1, -0.05) is 35.0 Å². The van der Waals surface area contributed by atoms with Gasteiger partial charge in [0.05, 0.1) is 11.6 Å². The Hall–Kier alpha value is -2.05. The summed E-state index contributed by atoms with van der Waals surface area (Å²) in [7, 11) is 0. The summed E-state index contributed by atoms with van der Waals surface area (Å²) < 4.78 is 1.02. The molecule has 0 aliphatic carbocycles. The molecule has 2 aromatic carbocycles. The minimum Gasteiger partial charge on any atom is -0.366 e. The molecule has 3 heteroatoms. The number of hydrogen-bond donors (Lipinski definition) is 0. The van der Waals surface area contributed by atoms with Crippen molar-refractivity contribution in [1.82, 2.24) is 0 Å². The Bertz CT molecular complexity index is 917. The molecule has 0 spiro atoms. The van der Waals surface area contributed by atoms with Crippen molar-refractivity contribution in [2.24, 2.45) is 0 Å². The summed E-state index contributed by atoms with van der Waals surface area (Å²) in [5.74, 6) is 0.503. The molecule has 1 aliphatic rings. The van der Waals surface area contributed by atoms with E-state index in [-0.39, 0.29) is 5.54 Å². The van der Waals surface area contributed by atoms with Gasteiger partial charge in [0.15, 0.2) is 0 Å². The lowest BCUT2D eigenvalue weighted by molar-refractivity contribution is 0.381. The summed E-state index contributed by atoms with van der Waals surface area (Å²) in [6.07, 6.45) is 3.17. The number of allylic oxidation sites excluding steroid dienone is 1. The van der Waals surface area contributed by atoms with Crippen LogP contribution in [0.4, 0.5) is 5.69 Å². The Kier molecular flexibility index (Phi) is 5.49. The molecule has 0 aromatic heterocycles. The Balaban J connectivity index is 2.10. The molecule has 0 fully saturated rings. The Labute approximate surface area is 171 Å². The van der Waals surface area contributed by atoms with Crippen LogP contribution in [0.1, 0.15) is 62.3 Å². The van der Waals surface area contributed by atoms with Gasteiger partial charge >= 0.3 is 0 Å². The highest BCUT2D eigenvalue weighted by molar-refractivity contribution is 9.10. The van der Waals surface area contributed by atoms with Gasteiger partial charge in [-0.15, -0.1) is 0 Å². The van der Waals surface area contributed by atoms with Gasteiger partial charge in [-0.25, -0.2) is 0 Å². The highest BCUT2D eigenvalue weighted by Gasteiger charge is 2.35. The van der Waals surface area contributed by atoms with E-state index in [0.717, 1.165) is 28.6 Å². The summed E-state index contributed by atoms with van der Waals surface area (Å²) in [6.45, 7) is 12.4. The maximum Gasteiger partial charge on any atom is 0.0998 e. The minimum atomic E-state index is 0.167. The molecule has 3 rings (SSSR count). The van der Waals surface area contributed by atoms with Crippen molar-refractivity contribution in [3.8, 4) is 6.07 Å². The molecule has 1 aliphatic heterocycles. The number of fused-ring (bicyclic) bond motifs is 1. The van der Waals surface area contributed by atoms with Crippen LogP contribution in [-0.2, 0) is 0 Å². The fourth-order valence-corrected chi connectivity index (χ4v) is 4.63. The first-order valence-electron chi connectivity index (χ1n) is 9.56. The van der Waals surface area contributed by atoms with E-state index in [9.17, 15) is 5.26 Å². The van der Waals surface area contributed by atoms with E-state index >= 15 is 0 Å². The third kappa shape index (κ3) is 3.82. The zero-order valence-corrected chi connectivity index (χ0v) is 18.4. The van der Waals surface area contributed by atoms with Crippen LogP contribution < -0.4 is 4.90 Å². The Morgan fingerprint density at radius 1 is 1.30 bits per heavy atom. The molecule has 2 aromatic rings. The SMILES string of the molecule is CCN1c2cc(C)c(/C=C(/C#N)c3ccc(Br)cc3)cc2[C@H](C)CC1(C)C. The molecule has 1 heterocycles. The molecule has 1 atom stereocenters. The maximum absolute atomic E-state index is 9.70. The third-order valence-corrected chi connectivity index (χ3v) is 6.19. The predicted octanol–water partition coefficient (Wildman–Crippen LogP) is 6.93. The predicted molar refractivity (Wildman–Crippen MR) is 119 cm³/mol. The maximum atomic E-state index is 9.70. The van der Waals surface area contributed by atoms with Gasteiger partial charge in [-0.05, 0) is 92.6 Å². The van der Waals surface area contributed by atoms with Crippen molar-refractivity contribution in [1.29, 1.82) is 5.26 Å². The largest absolute Gasteiger partial charge is 0.366 e. The smallest absolute Gasteiger partial charge is 0.0998 e. The average molecular weight is 423 g/mol. The minimum absolute atomic E-state index is 0.167. The highest BCUT2D eigenvalue weighted by atomic mass is 79.9. The Morgan fingerprint density at radius 3 is 2.56 bits per heavy atom. The standard InChI is InChI=1S/C24H27BrN2/c1-6-27-23-11-16(2)19(13-22(23)17(3)14-24(27,4)5)12-20(15-26)18-7-9-21(25)10-8-18/h7-13,17H,6,14H2,1-5H3/b20-12-/t17-/m1/s1. The summed E-state index contributed by atoms with van der Waals surface area (Å²) >= 11 is 3.46. The number of aryl methyl sites for hydroxylation is 1. The molecular weight excluding hydrogens is 396 g/mol. The van der Waals surface area contributed by atoms with Crippen LogP contribution >= 0.6 is 15.9 Å². The van der Waals surface area contributed by atoms with Gasteiger partial charge in [0.1, 0.15) is 0 Å². The van der Waals surface area contributed by atoms with Crippen molar-refractivity contribution in [3.63, 3.8) is 0 Å². The number of benzene rings is 2. The van der Waals surface area contributed by atoms with Crippen molar-refractivity contribution < 1.29 is 0 Å². The molecule has 0 amide bonds. The molecular formula is C24H27BrN2. The van der Waals surface area contributed by atoms with E-state index in [1.165, 1.54) is 16.8 Å². The van der Waals surface area contributed by atoms with Gasteiger partial charge in [0.2, 0.25) is 0 Å². The first-order chi connectivity index (χ1) is 12.8. The number of nitrogens with zero attached hydrogens (tertiary/aromatic N) is 2. The monoisotopic (exact) mass is 422 g/mol. The van der Waals surface area contributed by atoms with Crippen LogP contribution in [0.25, 0.3) is 11.6 Å². The van der Waals surface area contributed by atoms with Gasteiger partial charge in [0.25, 0.3) is 0 Å². The zero-order valence-electron chi connectivity index (χ0n) is 16.8. The van der Waals surface area contributed by atoms with Crippen LogP contribution in [0.2, 0.25) is 0 Å². The van der Waals surface area contributed by atoms with E-state index in [2.05, 4.69) is 73.7 Å². The first kappa shape index (κ1) is 19.7. The van der Waals surface area contributed by atoms with Crippen LogP contribution in [0.3, 0.4) is 0 Å². The third-order valence-electron chi connectivity index (χ3n) is 5.67. The topological polar surface area (TPSA) is 27.0 Å². The number of hydrogen-bond acceptors (Lipinski definition) is 2. The number of nitriles is 1. The second kappa shape index (κ2) is 7.52. The molecule has 140 valence electrons. The summed E-state index contributed by atoms with van der Waals surface area (Å²) in [4.78, 5) is 2.52. The number of rotatable bonds is 3. The Morgan fingerprint density at radius 2 is 1.96 bits per heavy atom. The van der Waals surface area contributed by atoms with E-state index < -0.39 is 0 Å². The number of anilines is 1. The lowest BCUT2D eigenvalue weighted by Gasteiger charge is -2.47. The molecule has 27 heavy (non-hydrogen) atoms. The molecule has 0 N–H and O–H groups in total. The average Bonchev–Trinajstić information content (AvgIpc) is 2.61. The molecule has 0 unspecified atom stereocenters. The quantitative estimate of drug-likeness (QED) is 0.395. The van der Waals surface area contributed by atoms with Crippen molar-refractivity contribution in [2.75, 3.05) is 11.4 Å². The second-order valence-electron chi connectivity index (χ2n) is 8.11. The normalized spacial score (nSPS) is 18.8. The highest BCUT2D eigenvalue weighted by Crippen LogP contribution is 2.44. The lowest BCUT2D eigenvalue weighted by atomic mass is 9.79. The first-order valence-corrected chi connectivity index (χ1v) is 10.4. The van der Waals surface area contributed by atoms with Gasteiger partial charge in [-0.3, -0.25) is 0 Å². The van der Waals surface area contributed by atoms with Crippen molar-refractivity contribution in [2.45, 2.75) is 52.5 Å². The van der Waals surface area contributed by atoms with Gasteiger partial charge < -0.3 is 4.90 Å². The molecule has 0 radical (unpaired) electrons. The van der Waals surface area contributed by atoms with E-state index in [0.29, 0.717) is 11.5 Å². The van der Waals surface area contributed by atoms with Crippen LogP contribution in [-0.4, -0.2) is 12.1 Å². The fourth-order valence-electron chi connectivity index (χ4n) is 4.37. The second-order valence-corrected chi connectivity index (χ2v) is 9.02. The molecule has 0 saturated carbocycles. The zero-order chi connectivity index (χ0) is 19.8. The summed E-state index contributed by atoms with van der Waals surface area (Å²) in [5.41, 5.74) is 6.89. The summed E-state index contributed by atoms with van der Waals surface area (Å²) in [6, 6.07) is 14.9. The van der Waals surface area contributed by atoms with Crippen molar-refractivity contribution >= 4 is 33.3 Å². The fraction of sp³-hybridized carbons (Fsp3) is 0.375. The number of halogens is 1. The molecule has 0 saturated heterocycles. The van der Waals surface area contributed by atoms with Gasteiger partial charge in [-0.2, -0.15) is 5.26 Å². The van der Waals surface area contributed by atoms with Crippen LogP contribution in [0, 0.1) is 18.3 Å². The van der Waals surface area contributed by atoms with Crippen LogP contribution in [0.5, 0.6) is 0 Å². The van der Waals surface area contributed by atoms with E-state index in [1.54, 1.807) is 0 Å². The van der Waals surface area contributed by atoms with E-state index in [1.807, 2.05) is 30.3 Å².